The summed E-state index contributed by atoms with van der Waals surface area (Å²) in [5.41, 5.74) is 0. The number of carbonyl (C=O) groups is 2. The SMILES string of the molecule is CC/C=C/C/C=C/C/C=C/C/C=C/C/C=C/C/C=C/CCC(=O)OC[C@@H](COP(=O)(O)OC[C@H](O)CO)OC(=O)CCCCCCCCCCC. The smallest absolute Gasteiger partial charge is 0.462 e. The molecule has 1 unspecified atom stereocenters. The van der Waals surface area contributed by atoms with E-state index in [1.165, 1.54) is 32.1 Å². The number of rotatable bonds is 34. The van der Waals surface area contributed by atoms with E-state index in [0.29, 0.717) is 12.8 Å². The topological polar surface area (TPSA) is 149 Å². The van der Waals surface area contributed by atoms with Gasteiger partial charge in [-0.2, -0.15) is 0 Å². The highest BCUT2D eigenvalue weighted by atomic mass is 31.2. The molecule has 11 heteroatoms. The van der Waals surface area contributed by atoms with Gasteiger partial charge in [-0.25, -0.2) is 4.57 Å². The van der Waals surface area contributed by atoms with Gasteiger partial charge in [-0.15, -0.1) is 0 Å². The number of aliphatic hydroxyl groups excluding tert-OH is 2. The minimum atomic E-state index is -4.63. The lowest BCUT2D eigenvalue weighted by Gasteiger charge is -2.20. The van der Waals surface area contributed by atoms with Crippen molar-refractivity contribution in [3.63, 3.8) is 0 Å². The van der Waals surface area contributed by atoms with Gasteiger partial charge in [0.1, 0.15) is 12.7 Å². The van der Waals surface area contributed by atoms with Crippen LogP contribution in [-0.2, 0) is 32.7 Å². The van der Waals surface area contributed by atoms with Gasteiger partial charge < -0.3 is 24.6 Å². The van der Waals surface area contributed by atoms with E-state index in [4.69, 9.17) is 19.1 Å². The summed E-state index contributed by atoms with van der Waals surface area (Å²) < 4.78 is 32.4. The van der Waals surface area contributed by atoms with Crippen molar-refractivity contribution in [3.05, 3.63) is 72.9 Å². The second kappa shape index (κ2) is 35.8. The Hall–Kier alpha value is -2.59. The number of ether oxygens (including phenoxy) is 2. The van der Waals surface area contributed by atoms with Crippen molar-refractivity contribution in [1.29, 1.82) is 0 Å². The standard InChI is InChI=1S/C40H67O10P/c1-3-5-7-9-11-13-14-15-16-17-18-19-20-21-22-24-25-27-29-31-39(43)47-35-38(36-49-51(45,46)48-34-37(42)33-41)50-40(44)32-30-28-26-23-12-10-8-6-4-2/h5,7,11,13,15-16,18-19,21-22,25,27,37-38,41-42H,3-4,6,8-10,12,14,17,20,23-24,26,28-36H2,1-2H3,(H,45,46)/b7-5+,13-11+,16-15+,19-18+,22-21+,27-25+/t37-,38+/m1/s1. The van der Waals surface area contributed by atoms with E-state index in [-0.39, 0.29) is 19.4 Å². The molecule has 0 aliphatic rings. The first-order valence-electron chi connectivity index (χ1n) is 18.9. The predicted molar refractivity (Wildman–Crippen MR) is 205 cm³/mol. The third-order valence-electron chi connectivity index (χ3n) is 7.39. The molecule has 0 aromatic rings. The van der Waals surface area contributed by atoms with Gasteiger partial charge in [0.05, 0.1) is 19.8 Å². The van der Waals surface area contributed by atoms with Crippen LogP contribution in [0.2, 0.25) is 0 Å². The molecule has 0 aromatic heterocycles. The third kappa shape index (κ3) is 35.6. The number of carbonyl (C=O) groups excluding carboxylic acids is 2. The van der Waals surface area contributed by atoms with Gasteiger partial charge in [-0.1, -0.05) is 138 Å². The number of allylic oxidation sites excluding steroid dienone is 12. The summed E-state index contributed by atoms with van der Waals surface area (Å²) in [6.45, 7) is 2.12. The summed E-state index contributed by atoms with van der Waals surface area (Å²) in [7, 11) is -4.63. The molecule has 10 nitrogen and oxygen atoms in total. The first kappa shape index (κ1) is 48.4. The molecule has 0 bridgehead atoms. The Morgan fingerprint density at radius 2 is 1.08 bits per heavy atom. The molecule has 3 N–H and O–H groups in total. The average Bonchev–Trinajstić information content (AvgIpc) is 3.12. The molecular weight excluding hydrogens is 671 g/mol. The van der Waals surface area contributed by atoms with Crippen LogP contribution < -0.4 is 0 Å². The Morgan fingerprint density at radius 1 is 0.608 bits per heavy atom. The Balaban J connectivity index is 4.46. The van der Waals surface area contributed by atoms with Crippen molar-refractivity contribution in [2.24, 2.45) is 0 Å². The minimum absolute atomic E-state index is 0.114. The molecule has 0 fully saturated rings. The highest BCUT2D eigenvalue weighted by Crippen LogP contribution is 2.43. The highest BCUT2D eigenvalue weighted by Gasteiger charge is 2.27. The van der Waals surface area contributed by atoms with E-state index in [1.807, 2.05) is 12.2 Å². The van der Waals surface area contributed by atoms with Crippen LogP contribution in [0.5, 0.6) is 0 Å². The number of hydrogen-bond donors (Lipinski definition) is 3. The number of esters is 2. The van der Waals surface area contributed by atoms with Crippen molar-refractivity contribution < 1.29 is 47.8 Å². The lowest BCUT2D eigenvalue weighted by molar-refractivity contribution is -0.161. The number of phosphoric ester groups is 1. The first-order chi connectivity index (χ1) is 24.7. The van der Waals surface area contributed by atoms with Crippen LogP contribution in [0.3, 0.4) is 0 Å². The lowest BCUT2D eigenvalue weighted by Crippen LogP contribution is -2.29. The van der Waals surface area contributed by atoms with Gasteiger partial charge >= 0.3 is 19.8 Å². The van der Waals surface area contributed by atoms with Gasteiger partial charge in [-0.3, -0.25) is 18.6 Å². The molecule has 0 saturated heterocycles. The summed E-state index contributed by atoms with van der Waals surface area (Å²) >= 11 is 0. The molecule has 0 rings (SSSR count). The summed E-state index contributed by atoms with van der Waals surface area (Å²) in [5, 5.41) is 18.2. The molecule has 0 saturated carbocycles. The van der Waals surface area contributed by atoms with E-state index in [9.17, 15) is 24.2 Å². The van der Waals surface area contributed by atoms with Crippen LogP contribution in [-0.4, -0.2) is 65.7 Å². The van der Waals surface area contributed by atoms with E-state index < -0.39 is 51.8 Å². The minimum Gasteiger partial charge on any atom is -0.462 e. The fourth-order valence-electron chi connectivity index (χ4n) is 4.49. The fourth-order valence-corrected chi connectivity index (χ4v) is 5.28. The van der Waals surface area contributed by atoms with Crippen molar-refractivity contribution >= 4 is 19.8 Å². The van der Waals surface area contributed by atoms with E-state index in [2.05, 4.69) is 79.1 Å². The third-order valence-corrected chi connectivity index (χ3v) is 8.34. The number of aliphatic hydroxyl groups is 2. The second-order valence-electron chi connectivity index (χ2n) is 12.2. The summed E-state index contributed by atoms with van der Waals surface area (Å²) in [4.78, 5) is 34.7. The molecule has 0 radical (unpaired) electrons. The van der Waals surface area contributed by atoms with Crippen LogP contribution in [0.15, 0.2) is 72.9 Å². The molecule has 0 aromatic carbocycles. The Labute approximate surface area is 308 Å². The Bertz CT molecular complexity index is 1080. The zero-order valence-corrected chi connectivity index (χ0v) is 32.2. The van der Waals surface area contributed by atoms with Crippen molar-refractivity contribution in [3.8, 4) is 0 Å². The van der Waals surface area contributed by atoms with Gasteiger partial charge in [0.25, 0.3) is 0 Å². The summed E-state index contributed by atoms with van der Waals surface area (Å²) in [6.07, 6.45) is 39.0. The van der Waals surface area contributed by atoms with Crippen LogP contribution in [0.25, 0.3) is 0 Å². The molecule has 51 heavy (non-hydrogen) atoms. The van der Waals surface area contributed by atoms with Crippen LogP contribution in [0.4, 0.5) is 0 Å². The van der Waals surface area contributed by atoms with Crippen LogP contribution in [0.1, 0.15) is 129 Å². The number of unbranched alkanes of at least 4 members (excludes halogenated alkanes) is 8. The van der Waals surface area contributed by atoms with Crippen LogP contribution >= 0.6 is 7.82 Å². The van der Waals surface area contributed by atoms with Gasteiger partial charge in [0, 0.05) is 12.8 Å². The van der Waals surface area contributed by atoms with Gasteiger partial charge in [-0.05, 0) is 51.4 Å². The number of phosphoric acid groups is 1. The normalized spacial score (nSPS) is 14.8. The predicted octanol–water partition coefficient (Wildman–Crippen LogP) is 9.33. The maximum atomic E-state index is 12.5. The average molecular weight is 739 g/mol. The number of hydrogen-bond acceptors (Lipinski definition) is 9. The molecule has 0 amide bonds. The first-order valence-corrected chi connectivity index (χ1v) is 20.4. The molecule has 0 spiro atoms. The lowest BCUT2D eigenvalue weighted by atomic mass is 10.1. The van der Waals surface area contributed by atoms with Crippen molar-refractivity contribution in [2.45, 2.75) is 142 Å². The van der Waals surface area contributed by atoms with Crippen molar-refractivity contribution in [2.75, 3.05) is 26.4 Å². The van der Waals surface area contributed by atoms with Gasteiger partial charge in [0.2, 0.25) is 0 Å². The fraction of sp³-hybridized carbons (Fsp3) is 0.650. The Morgan fingerprint density at radius 3 is 1.59 bits per heavy atom. The molecule has 292 valence electrons. The van der Waals surface area contributed by atoms with E-state index in [0.717, 1.165) is 57.8 Å². The van der Waals surface area contributed by atoms with Crippen molar-refractivity contribution in [1.82, 2.24) is 0 Å². The molecular formula is C40H67O10P. The van der Waals surface area contributed by atoms with E-state index >= 15 is 0 Å². The largest absolute Gasteiger partial charge is 0.472 e. The maximum absolute atomic E-state index is 12.5. The molecule has 0 heterocycles. The molecule has 0 aliphatic heterocycles. The molecule has 0 aliphatic carbocycles. The van der Waals surface area contributed by atoms with Crippen LogP contribution in [0, 0.1) is 0 Å². The van der Waals surface area contributed by atoms with E-state index in [1.54, 1.807) is 0 Å². The monoisotopic (exact) mass is 738 g/mol. The zero-order valence-electron chi connectivity index (χ0n) is 31.3. The maximum Gasteiger partial charge on any atom is 0.472 e. The Kier molecular flexibility index (Phi) is 34.0. The summed E-state index contributed by atoms with van der Waals surface area (Å²) in [6, 6.07) is 0. The second-order valence-corrected chi connectivity index (χ2v) is 13.7. The quantitative estimate of drug-likeness (QED) is 0.0252. The summed E-state index contributed by atoms with van der Waals surface area (Å²) in [5.74, 6) is -1.03. The highest BCUT2D eigenvalue weighted by molar-refractivity contribution is 7.47. The van der Waals surface area contributed by atoms with Gasteiger partial charge in [0.15, 0.2) is 6.10 Å². The molecule has 3 atom stereocenters. The zero-order chi connectivity index (χ0) is 37.7.